The Balaban J connectivity index is 1.29. The maximum Gasteiger partial charge on any atom is 0.338 e. The number of nitrogens with one attached hydrogen (secondary N) is 1. The van der Waals surface area contributed by atoms with Gasteiger partial charge in [-0.25, -0.2) is 14.2 Å². The Bertz CT molecular complexity index is 1390. The smallest absolute Gasteiger partial charge is 0.338 e. The van der Waals surface area contributed by atoms with E-state index in [-0.39, 0.29) is 29.2 Å². The highest BCUT2D eigenvalue weighted by molar-refractivity contribution is 7.11. The number of carbonyl (C=O) groups excluding carboxylic acids is 2. The quantitative estimate of drug-likeness (QED) is 0.606. The van der Waals surface area contributed by atoms with Crippen LogP contribution in [0.25, 0.3) is 0 Å². The standard InChI is InChI=1S/C27H24FN3O4S/c1-4-35-24(32)13-20(11-6-5-7-12(28)10(11)2)30-22(23-29-8-9-36-23)31-21(13)26-14-17-15(26)19-16(26)18(14)27(17,19)25(33)34-3/h5-9,14-20H,4H2,1-3H3,(H,30,31). The van der Waals surface area contributed by atoms with E-state index in [4.69, 9.17) is 14.5 Å². The van der Waals surface area contributed by atoms with Crippen LogP contribution in [-0.4, -0.2) is 36.5 Å². The lowest BCUT2D eigenvalue weighted by Crippen LogP contribution is -3.11. The van der Waals surface area contributed by atoms with Gasteiger partial charge in [-0.05, 0) is 66.5 Å². The highest BCUT2D eigenvalue weighted by Gasteiger charge is 3.12. The van der Waals surface area contributed by atoms with Crippen LogP contribution in [0.5, 0.6) is 0 Å². The molecule has 0 saturated heterocycles. The Labute approximate surface area is 210 Å². The molecule has 1 atom stereocenters. The predicted octanol–water partition coefficient (Wildman–Crippen LogP) is 3.41. The van der Waals surface area contributed by atoms with Crippen molar-refractivity contribution in [1.29, 1.82) is 0 Å². The normalized spacial score (nSPS) is 41.3. The minimum atomic E-state index is -0.704. The maximum atomic E-state index is 14.7. The number of nitrogens with zero attached hydrogens (tertiary/aromatic N) is 2. The number of esters is 2. The third-order valence-electron chi connectivity index (χ3n) is 10.4. The number of benzene rings is 1. The Morgan fingerprint density at radius 3 is 2.50 bits per heavy atom. The van der Waals surface area contributed by atoms with E-state index in [1.165, 1.54) is 24.5 Å². The fraction of sp³-hybridized carbons (Fsp3) is 0.481. The Hall–Kier alpha value is -3.07. The molecule has 1 unspecified atom stereocenters. The van der Waals surface area contributed by atoms with Crippen molar-refractivity contribution in [3.63, 3.8) is 0 Å². The Kier molecular flexibility index (Phi) is 3.76. The van der Waals surface area contributed by atoms with Gasteiger partial charge in [0.15, 0.2) is 10.8 Å². The average molecular weight is 506 g/mol. The number of allylic oxidation sites excluding steroid dienone is 1. The number of thiazole rings is 1. The summed E-state index contributed by atoms with van der Waals surface area (Å²) in [4.78, 5) is 35.6. The molecule has 1 aromatic heterocycles. The lowest BCUT2D eigenvalue weighted by molar-refractivity contribution is -0.633. The van der Waals surface area contributed by atoms with Gasteiger partial charge in [0, 0.05) is 22.7 Å². The van der Waals surface area contributed by atoms with Crippen molar-refractivity contribution < 1.29 is 23.5 Å². The molecular formula is C27H24FN3O4S. The van der Waals surface area contributed by atoms with Crippen LogP contribution in [0.4, 0.5) is 4.39 Å². The lowest BCUT2D eigenvalue weighted by atomic mass is 8.92. The van der Waals surface area contributed by atoms with Gasteiger partial charge in [-0.15, -0.1) is 11.3 Å². The number of ether oxygens (including phenoxy) is 2. The molecule has 2 heterocycles. The first-order chi connectivity index (χ1) is 17.4. The molecule has 6 aliphatic carbocycles. The molecule has 9 heteroatoms. The molecule has 6 fully saturated rings. The van der Waals surface area contributed by atoms with Gasteiger partial charge in [0.25, 0.3) is 0 Å². The average Bonchev–Trinajstić information content (AvgIpc) is 3.44. The summed E-state index contributed by atoms with van der Waals surface area (Å²) in [6, 6.07) is 4.21. The summed E-state index contributed by atoms with van der Waals surface area (Å²) in [5.74, 6) is 1.84. The number of hydrogen-bond acceptors (Lipinski definition) is 8. The van der Waals surface area contributed by atoms with E-state index in [2.05, 4.69) is 10.3 Å². The number of carbonyl (C=O) groups is 2. The van der Waals surface area contributed by atoms with Crippen LogP contribution in [0.15, 0.2) is 46.0 Å². The molecule has 2 aromatic rings. The zero-order valence-electron chi connectivity index (χ0n) is 19.9. The third kappa shape index (κ3) is 1.83. The van der Waals surface area contributed by atoms with Crippen molar-refractivity contribution in [3.8, 4) is 0 Å². The fourth-order valence-corrected chi connectivity index (χ4v) is 10.1. The molecule has 36 heavy (non-hydrogen) atoms. The molecule has 1 aromatic carbocycles. The third-order valence-corrected chi connectivity index (χ3v) is 11.2. The summed E-state index contributed by atoms with van der Waals surface area (Å²) in [5, 5.41) is 6.14. The number of amidine groups is 1. The zero-order chi connectivity index (χ0) is 24.7. The summed E-state index contributed by atoms with van der Waals surface area (Å²) in [5.41, 5.74) is 1.99. The van der Waals surface area contributed by atoms with Crippen LogP contribution < -0.4 is 5.32 Å². The van der Waals surface area contributed by atoms with Gasteiger partial charge in [-0.3, -0.25) is 9.79 Å². The summed E-state index contributed by atoms with van der Waals surface area (Å²) in [7, 11) is 1.48. The van der Waals surface area contributed by atoms with Crippen LogP contribution in [0.2, 0.25) is 0 Å². The topological polar surface area (TPSA) is 89.9 Å². The monoisotopic (exact) mass is 505 g/mol. The highest BCUT2D eigenvalue weighted by Crippen LogP contribution is 3.11. The number of hydrogen-bond donors (Lipinski definition) is 1. The number of rotatable bonds is 6. The molecule has 0 spiro atoms. The van der Waals surface area contributed by atoms with E-state index in [0.717, 1.165) is 10.7 Å². The van der Waals surface area contributed by atoms with Crippen molar-refractivity contribution in [2.45, 2.75) is 19.9 Å². The lowest BCUT2D eigenvalue weighted by Gasteiger charge is -3.10. The van der Waals surface area contributed by atoms with Crippen LogP contribution in [0.3, 0.4) is 0 Å². The molecule has 0 bridgehead atoms. The van der Waals surface area contributed by atoms with Crippen molar-refractivity contribution >= 4 is 29.1 Å². The number of aliphatic imine (C=N–C) groups is 1. The summed E-state index contributed by atoms with van der Waals surface area (Å²) < 4.78 is 25.5. The van der Waals surface area contributed by atoms with Gasteiger partial charge >= 0.3 is 11.9 Å². The minimum absolute atomic E-state index is 0.0611. The summed E-state index contributed by atoms with van der Waals surface area (Å²) >= 11 is 1.46. The Morgan fingerprint density at radius 1 is 1.17 bits per heavy atom. The van der Waals surface area contributed by atoms with E-state index < -0.39 is 12.0 Å². The van der Waals surface area contributed by atoms with Crippen LogP contribution in [-0.2, 0) is 19.1 Å². The minimum Gasteiger partial charge on any atom is -0.469 e. The number of halogens is 1. The van der Waals surface area contributed by atoms with Crippen molar-refractivity contribution in [1.82, 2.24) is 10.3 Å². The first-order valence-electron chi connectivity index (χ1n) is 12.4. The highest BCUT2D eigenvalue weighted by atomic mass is 32.1. The number of methoxy groups -OCH3 is 1. The van der Waals surface area contributed by atoms with Crippen LogP contribution in [0, 0.1) is 59.1 Å². The molecule has 1 N–H and O–H groups in total. The van der Waals surface area contributed by atoms with E-state index >= 15 is 0 Å². The van der Waals surface area contributed by atoms with E-state index in [1.54, 1.807) is 26.1 Å². The summed E-state index contributed by atoms with van der Waals surface area (Å²) in [6.07, 6.45) is 1.72. The van der Waals surface area contributed by atoms with E-state index in [0.29, 0.717) is 58.0 Å². The molecule has 0 radical (unpaired) electrons. The second kappa shape index (κ2) is 6.43. The van der Waals surface area contributed by atoms with Gasteiger partial charge in [0.2, 0.25) is 0 Å². The first-order valence-corrected chi connectivity index (χ1v) is 13.3. The molecule has 7 nitrogen and oxygen atoms in total. The predicted molar refractivity (Wildman–Crippen MR) is 127 cm³/mol. The van der Waals surface area contributed by atoms with Crippen LogP contribution >= 0.6 is 11.3 Å². The molecule has 1 aliphatic heterocycles. The van der Waals surface area contributed by atoms with Gasteiger partial charge in [-0.1, -0.05) is 12.1 Å². The Morgan fingerprint density at radius 2 is 1.89 bits per heavy atom. The fourth-order valence-electron chi connectivity index (χ4n) is 9.52. The largest absolute Gasteiger partial charge is 0.469 e. The van der Waals surface area contributed by atoms with E-state index in [9.17, 15) is 14.0 Å². The van der Waals surface area contributed by atoms with Gasteiger partial charge in [-0.2, -0.15) is 0 Å². The second-order valence-corrected chi connectivity index (χ2v) is 11.7. The van der Waals surface area contributed by atoms with E-state index in [1.807, 2.05) is 11.4 Å². The first kappa shape index (κ1) is 21.1. The maximum absolute atomic E-state index is 14.7. The second-order valence-electron chi connectivity index (χ2n) is 10.8. The van der Waals surface area contributed by atoms with Gasteiger partial charge in [0.05, 0.1) is 24.7 Å². The van der Waals surface area contributed by atoms with Crippen molar-refractivity contribution in [2.24, 2.45) is 51.3 Å². The molecule has 7 aliphatic rings. The zero-order valence-corrected chi connectivity index (χ0v) is 20.8. The van der Waals surface area contributed by atoms with Gasteiger partial charge in [0.1, 0.15) is 11.9 Å². The number of aromatic nitrogens is 1. The SMILES string of the molecule is CCOC(=O)C1=C(C23C4C5C2C2C3C4C52C(=O)OC)NC(c2nccs2)=NC1c1cccc(F)c1C. The molecule has 0 amide bonds. The van der Waals surface area contributed by atoms with Gasteiger partial charge < -0.3 is 14.8 Å². The van der Waals surface area contributed by atoms with Crippen molar-refractivity contribution in [2.75, 3.05) is 13.7 Å². The molecule has 184 valence electrons. The molecule has 9 rings (SSSR count). The summed E-state index contributed by atoms with van der Waals surface area (Å²) in [6.45, 7) is 3.74. The molecular weight excluding hydrogens is 481 g/mol. The van der Waals surface area contributed by atoms with Crippen molar-refractivity contribution in [3.05, 3.63) is 63.0 Å². The van der Waals surface area contributed by atoms with Crippen LogP contribution in [0.1, 0.15) is 29.1 Å². The molecule has 6 saturated carbocycles.